The molecule has 0 spiro atoms. The van der Waals surface area contributed by atoms with Gasteiger partial charge >= 0.3 is 0 Å². The van der Waals surface area contributed by atoms with Gasteiger partial charge in [0, 0.05) is 38.2 Å². The van der Waals surface area contributed by atoms with E-state index in [0.717, 1.165) is 37.3 Å². The standard InChI is InChI=1S/C23H33N5O2/c1-4-24-23(25-12-11-21(29)28-13-5-6-18(3)15-28)26-14-20-16-30-22(27-20)19-9-7-17(2)8-10-19/h7-10,16,18H,4-6,11-15H2,1-3H3,(H2,24,25,26). The third-order valence-corrected chi connectivity index (χ3v) is 5.23. The summed E-state index contributed by atoms with van der Waals surface area (Å²) in [6.45, 7) is 9.75. The van der Waals surface area contributed by atoms with Gasteiger partial charge in [0.2, 0.25) is 11.8 Å². The summed E-state index contributed by atoms with van der Waals surface area (Å²) in [5.41, 5.74) is 2.91. The third kappa shape index (κ3) is 6.34. The fourth-order valence-corrected chi connectivity index (χ4v) is 3.57. The van der Waals surface area contributed by atoms with Gasteiger partial charge in [-0.1, -0.05) is 24.6 Å². The van der Waals surface area contributed by atoms with Gasteiger partial charge in [0.15, 0.2) is 5.96 Å². The Labute approximate surface area is 179 Å². The van der Waals surface area contributed by atoms with Crippen molar-refractivity contribution in [1.29, 1.82) is 0 Å². The van der Waals surface area contributed by atoms with Crippen LogP contribution in [0.5, 0.6) is 0 Å². The fraction of sp³-hybridized carbons (Fsp3) is 0.522. The monoisotopic (exact) mass is 411 g/mol. The van der Waals surface area contributed by atoms with E-state index in [1.54, 1.807) is 6.26 Å². The summed E-state index contributed by atoms with van der Waals surface area (Å²) in [7, 11) is 0. The molecular weight excluding hydrogens is 378 g/mol. The highest BCUT2D eigenvalue weighted by atomic mass is 16.3. The zero-order valence-electron chi connectivity index (χ0n) is 18.3. The van der Waals surface area contributed by atoms with E-state index in [1.807, 2.05) is 36.1 Å². The molecule has 1 atom stereocenters. The molecule has 0 aliphatic carbocycles. The van der Waals surface area contributed by atoms with Gasteiger partial charge in [0.05, 0.1) is 6.54 Å². The van der Waals surface area contributed by atoms with Crippen molar-refractivity contribution in [3.63, 3.8) is 0 Å². The number of rotatable bonds is 7. The van der Waals surface area contributed by atoms with E-state index in [4.69, 9.17) is 4.42 Å². The first-order valence-corrected chi connectivity index (χ1v) is 10.9. The van der Waals surface area contributed by atoms with E-state index in [2.05, 4.69) is 34.5 Å². The van der Waals surface area contributed by atoms with Gasteiger partial charge in [-0.2, -0.15) is 0 Å². The lowest BCUT2D eigenvalue weighted by Gasteiger charge is -2.31. The Morgan fingerprint density at radius 3 is 2.83 bits per heavy atom. The fourth-order valence-electron chi connectivity index (χ4n) is 3.57. The maximum atomic E-state index is 12.4. The second-order valence-corrected chi connectivity index (χ2v) is 7.97. The van der Waals surface area contributed by atoms with Gasteiger partial charge in [-0.25, -0.2) is 9.98 Å². The SMILES string of the molecule is CCNC(=NCc1coc(-c2ccc(C)cc2)n1)NCCC(=O)N1CCCC(C)C1. The summed E-state index contributed by atoms with van der Waals surface area (Å²) in [6.07, 6.45) is 4.43. The first kappa shape index (κ1) is 21.9. The number of nitrogens with zero attached hydrogens (tertiary/aromatic N) is 3. The smallest absolute Gasteiger partial charge is 0.226 e. The molecule has 0 bridgehead atoms. The lowest BCUT2D eigenvalue weighted by molar-refractivity contribution is -0.132. The molecule has 1 aliphatic rings. The predicted molar refractivity (Wildman–Crippen MR) is 119 cm³/mol. The number of hydrogen-bond acceptors (Lipinski definition) is 4. The van der Waals surface area contributed by atoms with Crippen molar-refractivity contribution in [1.82, 2.24) is 20.5 Å². The van der Waals surface area contributed by atoms with Crippen LogP contribution in [0.3, 0.4) is 0 Å². The van der Waals surface area contributed by atoms with Crippen molar-refractivity contribution in [3.8, 4) is 11.5 Å². The van der Waals surface area contributed by atoms with Gasteiger partial charge in [-0.05, 0) is 44.7 Å². The second kappa shape index (κ2) is 10.8. The summed E-state index contributed by atoms with van der Waals surface area (Å²) < 4.78 is 5.60. The van der Waals surface area contributed by atoms with Crippen LogP contribution in [0.15, 0.2) is 39.9 Å². The van der Waals surface area contributed by atoms with Crippen LogP contribution in [-0.2, 0) is 11.3 Å². The zero-order valence-corrected chi connectivity index (χ0v) is 18.3. The van der Waals surface area contributed by atoms with Crippen molar-refractivity contribution >= 4 is 11.9 Å². The molecule has 7 heteroatoms. The Balaban J connectivity index is 1.50. The number of aromatic nitrogens is 1. The van der Waals surface area contributed by atoms with Gasteiger partial charge in [-0.3, -0.25) is 4.79 Å². The number of piperidine rings is 1. The predicted octanol–water partition coefficient (Wildman–Crippen LogP) is 3.35. The van der Waals surface area contributed by atoms with Crippen LogP contribution in [-0.4, -0.2) is 47.9 Å². The molecule has 162 valence electrons. The molecule has 1 aromatic carbocycles. The Morgan fingerprint density at radius 1 is 1.30 bits per heavy atom. The molecule has 1 unspecified atom stereocenters. The van der Waals surface area contributed by atoms with Crippen LogP contribution < -0.4 is 10.6 Å². The van der Waals surface area contributed by atoms with Gasteiger partial charge in [-0.15, -0.1) is 0 Å². The quantitative estimate of drug-likeness (QED) is 0.539. The van der Waals surface area contributed by atoms with E-state index in [0.29, 0.717) is 37.3 Å². The van der Waals surface area contributed by atoms with E-state index in [9.17, 15) is 4.79 Å². The summed E-state index contributed by atoms with van der Waals surface area (Å²) in [5.74, 6) is 2.09. The van der Waals surface area contributed by atoms with Crippen LogP contribution in [0.2, 0.25) is 0 Å². The Kier molecular flexibility index (Phi) is 7.88. The van der Waals surface area contributed by atoms with Crippen molar-refractivity contribution in [2.75, 3.05) is 26.2 Å². The molecule has 1 amide bonds. The van der Waals surface area contributed by atoms with Crippen LogP contribution in [0.4, 0.5) is 0 Å². The number of amides is 1. The topological polar surface area (TPSA) is 82.8 Å². The molecule has 0 radical (unpaired) electrons. The molecule has 2 heterocycles. The van der Waals surface area contributed by atoms with Crippen molar-refractivity contribution < 1.29 is 9.21 Å². The zero-order chi connectivity index (χ0) is 21.3. The average molecular weight is 412 g/mol. The molecule has 30 heavy (non-hydrogen) atoms. The van der Waals surface area contributed by atoms with Crippen molar-refractivity contribution in [2.24, 2.45) is 10.9 Å². The number of guanidine groups is 1. The number of benzene rings is 1. The lowest BCUT2D eigenvalue weighted by Crippen LogP contribution is -2.42. The number of hydrogen-bond donors (Lipinski definition) is 2. The first-order chi connectivity index (χ1) is 14.5. The van der Waals surface area contributed by atoms with Crippen molar-refractivity contribution in [3.05, 3.63) is 41.8 Å². The summed E-state index contributed by atoms with van der Waals surface area (Å²) in [6, 6.07) is 8.08. The highest BCUT2D eigenvalue weighted by Gasteiger charge is 2.20. The molecule has 1 fully saturated rings. The maximum Gasteiger partial charge on any atom is 0.226 e. The molecule has 2 aromatic rings. The molecule has 1 aliphatic heterocycles. The van der Waals surface area contributed by atoms with E-state index < -0.39 is 0 Å². The highest BCUT2D eigenvalue weighted by Crippen LogP contribution is 2.19. The van der Waals surface area contributed by atoms with E-state index >= 15 is 0 Å². The van der Waals surface area contributed by atoms with Crippen LogP contribution >= 0.6 is 0 Å². The maximum absolute atomic E-state index is 12.4. The van der Waals surface area contributed by atoms with Gasteiger partial charge < -0.3 is 20.0 Å². The Bertz CT molecular complexity index is 844. The number of carbonyl (C=O) groups is 1. The third-order valence-electron chi connectivity index (χ3n) is 5.23. The second-order valence-electron chi connectivity index (χ2n) is 7.97. The van der Waals surface area contributed by atoms with E-state index in [1.165, 1.54) is 12.0 Å². The molecule has 1 saturated heterocycles. The van der Waals surface area contributed by atoms with Crippen LogP contribution in [0.1, 0.15) is 44.4 Å². The largest absolute Gasteiger partial charge is 0.444 e. The molecule has 1 aromatic heterocycles. The van der Waals surface area contributed by atoms with Crippen LogP contribution in [0, 0.1) is 12.8 Å². The summed E-state index contributed by atoms with van der Waals surface area (Å²) in [5, 5.41) is 6.46. The van der Waals surface area contributed by atoms with Gasteiger partial charge in [0.25, 0.3) is 0 Å². The minimum absolute atomic E-state index is 0.212. The summed E-state index contributed by atoms with van der Waals surface area (Å²) in [4.78, 5) is 23.5. The van der Waals surface area contributed by atoms with E-state index in [-0.39, 0.29) is 5.91 Å². The highest BCUT2D eigenvalue weighted by molar-refractivity contribution is 5.81. The molecule has 3 rings (SSSR count). The number of aliphatic imine (C=N–C) groups is 1. The van der Waals surface area contributed by atoms with Crippen molar-refractivity contribution in [2.45, 2.75) is 46.6 Å². The normalized spacial score (nSPS) is 17.1. The number of oxazole rings is 1. The number of nitrogens with one attached hydrogen (secondary N) is 2. The number of likely N-dealkylation sites (tertiary alicyclic amines) is 1. The van der Waals surface area contributed by atoms with Gasteiger partial charge in [0.1, 0.15) is 12.0 Å². The first-order valence-electron chi connectivity index (χ1n) is 10.9. The lowest BCUT2D eigenvalue weighted by atomic mass is 10.00. The molecular formula is C23H33N5O2. The minimum Gasteiger partial charge on any atom is -0.444 e. The number of aryl methyl sites for hydroxylation is 1. The van der Waals surface area contributed by atoms with Crippen LogP contribution in [0.25, 0.3) is 11.5 Å². The molecule has 0 saturated carbocycles. The Morgan fingerprint density at radius 2 is 2.10 bits per heavy atom. The average Bonchev–Trinajstić information content (AvgIpc) is 3.21. The molecule has 2 N–H and O–H groups in total. The summed E-state index contributed by atoms with van der Waals surface area (Å²) >= 11 is 0. The number of carbonyl (C=O) groups excluding carboxylic acids is 1. The Hall–Kier alpha value is -2.83. The minimum atomic E-state index is 0.212. The molecule has 7 nitrogen and oxygen atoms in total.